The van der Waals surface area contributed by atoms with Crippen LogP contribution in [0.2, 0.25) is 0 Å². The molecule has 0 saturated carbocycles. The predicted molar refractivity (Wildman–Crippen MR) is 82.3 cm³/mol. The van der Waals surface area contributed by atoms with Gasteiger partial charge in [-0.15, -0.1) is 0 Å². The highest BCUT2D eigenvalue weighted by Gasteiger charge is 2.08. The highest BCUT2D eigenvalue weighted by atomic mass is 32.1. The van der Waals surface area contributed by atoms with E-state index in [1.165, 1.54) is 11.1 Å². The van der Waals surface area contributed by atoms with Crippen LogP contribution in [-0.2, 0) is 6.54 Å². The Kier molecular flexibility index (Phi) is 4.22. The minimum atomic E-state index is 0.656. The molecule has 19 heavy (non-hydrogen) atoms. The maximum absolute atomic E-state index is 5.41. The Morgan fingerprint density at radius 1 is 1.32 bits per heavy atom. The third-order valence-electron chi connectivity index (χ3n) is 2.95. The van der Waals surface area contributed by atoms with E-state index in [1.54, 1.807) is 6.26 Å². The van der Waals surface area contributed by atoms with Gasteiger partial charge in [0.25, 0.3) is 0 Å². The maximum atomic E-state index is 5.41. The molecule has 0 bridgehead atoms. The summed E-state index contributed by atoms with van der Waals surface area (Å²) in [6.45, 7) is 4.79. The number of benzene rings is 1. The number of nitrogens with zero attached hydrogens (tertiary/aromatic N) is 1. The van der Waals surface area contributed by atoms with E-state index in [1.807, 2.05) is 24.1 Å². The average molecular weight is 274 g/mol. The zero-order chi connectivity index (χ0) is 13.8. The minimum Gasteiger partial charge on any atom is -0.467 e. The SMILES string of the molecule is Cc1ccc(C)c(NC(=S)N(C)Cc2ccco2)c1. The number of furan rings is 1. The molecule has 0 radical (unpaired) electrons. The van der Waals surface area contributed by atoms with Gasteiger partial charge in [0.15, 0.2) is 5.11 Å². The summed E-state index contributed by atoms with van der Waals surface area (Å²) in [4.78, 5) is 1.95. The molecule has 0 amide bonds. The monoisotopic (exact) mass is 274 g/mol. The van der Waals surface area contributed by atoms with Crippen molar-refractivity contribution >= 4 is 23.0 Å². The predicted octanol–water partition coefficient (Wildman–Crippen LogP) is 3.73. The second kappa shape index (κ2) is 5.89. The van der Waals surface area contributed by atoms with Crippen LogP contribution in [0.1, 0.15) is 16.9 Å². The highest BCUT2D eigenvalue weighted by molar-refractivity contribution is 7.80. The summed E-state index contributed by atoms with van der Waals surface area (Å²) in [5, 5.41) is 3.96. The van der Waals surface area contributed by atoms with E-state index in [-0.39, 0.29) is 0 Å². The van der Waals surface area contributed by atoms with Gasteiger partial charge in [0.1, 0.15) is 5.76 Å². The molecule has 1 heterocycles. The van der Waals surface area contributed by atoms with Gasteiger partial charge in [-0.1, -0.05) is 12.1 Å². The van der Waals surface area contributed by atoms with E-state index in [9.17, 15) is 0 Å². The van der Waals surface area contributed by atoms with Crippen LogP contribution in [0.15, 0.2) is 41.0 Å². The zero-order valence-electron chi connectivity index (χ0n) is 11.4. The fourth-order valence-electron chi connectivity index (χ4n) is 1.79. The number of hydrogen-bond donors (Lipinski definition) is 1. The number of nitrogens with one attached hydrogen (secondary N) is 1. The fourth-order valence-corrected chi connectivity index (χ4v) is 1.96. The van der Waals surface area contributed by atoms with Gasteiger partial charge < -0.3 is 14.6 Å². The molecule has 0 saturated heterocycles. The Morgan fingerprint density at radius 3 is 2.79 bits per heavy atom. The van der Waals surface area contributed by atoms with Crippen molar-refractivity contribution in [3.63, 3.8) is 0 Å². The standard InChI is InChI=1S/C15H18N2OS/c1-11-6-7-12(2)14(9-11)16-15(19)17(3)10-13-5-4-8-18-13/h4-9H,10H2,1-3H3,(H,16,19). The van der Waals surface area contributed by atoms with Crippen molar-refractivity contribution in [2.24, 2.45) is 0 Å². The number of thiocarbonyl (C=S) groups is 1. The molecule has 100 valence electrons. The molecule has 1 aromatic carbocycles. The molecule has 0 fully saturated rings. The van der Waals surface area contributed by atoms with Crippen LogP contribution in [0.5, 0.6) is 0 Å². The molecule has 1 N–H and O–H groups in total. The third kappa shape index (κ3) is 3.58. The molecular formula is C15H18N2OS. The first kappa shape index (κ1) is 13.6. The Labute approximate surface area is 119 Å². The van der Waals surface area contributed by atoms with Crippen LogP contribution >= 0.6 is 12.2 Å². The van der Waals surface area contributed by atoms with Crippen molar-refractivity contribution < 1.29 is 4.42 Å². The molecule has 4 heteroatoms. The second-order valence-electron chi connectivity index (χ2n) is 4.68. The number of anilines is 1. The second-order valence-corrected chi connectivity index (χ2v) is 5.07. The summed E-state index contributed by atoms with van der Waals surface area (Å²) in [7, 11) is 1.95. The van der Waals surface area contributed by atoms with Crippen molar-refractivity contribution in [1.82, 2.24) is 4.90 Å². The van der Waals surface area contributed by atoms with Crippen molar-refractivity contribution in [3.8, 4) is 0 Å². The van der Waals surface area contributed by atoms with Crippen LogP contribution in [0.4, 0.5) is 5.69 Å². The van der Waals surface area contributed by atoms with Gasteiger partial charge in [-0.25, -0.2) is 0 Å². The summed E-state index contributed by atoms with van der Waals surface area (Å²) >= 11 is 5.41. The first-order chi connectivity index (χ1) is 9.06. The van der Waals surface area contributed by atoms with Crippen LogP contribution in [-0.4, -0.2) is 17.1 Å². The Morgan fingerprint density at radius 2 is 2.11 bits per heavy atom. The van der Waals surface area contributed by atoms with E-state index in [2.05, 4.69) is 37.4 Å². The molecule has 0 aliphatic carbocycles. The van der Waals surface area contributed by atoms with Crippen molar-refractivity contribution in [2.45, 2.75) is 20.4 Å². The third-order valence-corrected chi connectivity index (χ3v) is 3.37. The van der Waals surface area contributed by atoms with E-state index in [0.717, 1.165) is 11.4 Å². The summed E-state index contributed by atoms with van der Waals surface area (Å²) in [5.74, 6) is 0.896. The van der Waals surface area contributed by atoms with Crippen molar-refractivity contribution in [2.75, 3.05) is 12.4 Å². The van der Waals surface area contributed by atoms with Crippen LogP contribution in [0, 0.1) is 13.8 Å². The van der Waals surface area contributed by atoms with Gasteiger partial charge in [0.2, 0.25) is 0 Å². The smallest absolute Gasteiger partial charge is 0.173 e. The first-order valence-electron chi connectivity index (χ1n) is 6.18. The molecular weight excluding hydrogens is 256 g/mol. The average Bonchev–Trinajstić information content (AvgIpc) is 2.86. The van der Waals surface area contributed by atoms with Crippen LogP contribution < -0.4 is 5.32 Å². The lowest BCUT2D eigenvalue weighted by Crippen LogP contribution is -2.30. The molecule has 0 spiro atoms. The molecule has 1 aromatic heterocycles. The summed E-state index contributed by atoms with van der Waals surface area (Å²) in [6, 6.07) is 10.1. The summed E-state index contributed by atoms with van der Waals surface area (Å²) in [5.41, 5.74) is 3.44. The maximum Gasteiger partial charge on any atom is 0.173 e. The Bertz CT molecular complexity index is 564. The summed E-state index contributed by atoms with van der Waals surface area (Å²) < 4.78 is 5.32. The van der Waals surface area contributed by atoms with Gasteiger partial charge in [-0.2, -0.15) is 0 Å². The fraction of sp³-hybridized carbons (Fsp3) is 0.267. The lowest BCUT2D eigenvalue weighted by molar-refractivity contribution is 0.414. The molecule has 0 atom stereocenters. The molecule has 3 nitrogen and oxygen atoms in total. The van der Waals surface area contributed by atoms with E-state index < -0.39 is 0 Å². The van der Waals surface area contributed by atoms with Gasteiger partial charge in [0, 0.05) is 12.7 Å². The van der Waals surface area contributed by atoms with Gasteiger partial charge in [-0.05, 0) is 55.4 Å². The quantitative estimate of drug-likeness (QED) is 0.863. The summed E-state index contributed by atoms with van der Waals surface area (Å²) in [6.07, 6.45) is 1.67. The lowest BCUT2D eigenvalue weighted by atomic mass is 10.1. The molecule has 0 unspecified atom stereocenters. The normalized spacial score (nSPS) is 10.3. The van der Waals surface area contributed by atoms with E-state index in [0.29, 0.717) is 11.7 Å². The topological polar surface area (TPSA) is 28.4 Å². The number of aryl methyl sites for hydroxylation is 2. The highest BCUT2D eigenvalue weighted by Crippen LogP contribution is 2.17. The van der Waals surface area contributed by atoms with E-state index >= 15 is 0 Å². The Hall–Kier alpha value is -1.81. The minimum absolute atomic E-state index is 0.656. The zero-order valence-corrected chi connectivity index (χ0v) is 12.3. The van der Waals surface area contributed by atoms with Gasteiger partial charge in [-0.3, -0.25) is 0 Å². The largest absolute Gasteiger partial charge is 0.467 e. The van der Waals surface area contributed by atoms with Crippen LogP contribution in [0.25, 0.3) is 0 Å². The molecule has 2 aromatic rings. The lowest BCUT2D eigenvalue weighted by Gasteiger charge is -2.21. The van der Waals surface area contributed by atoms with Crippen molar-refractivity contribution in [3.05, 3.63) is 53.5 Å². The van der Waals surface area contributed by atoms with E-state index in [4.69, 9.17) is 16.6 Å². The number of rotatable bonds is 3. The van der Waals surface area contributed by atoms with Gasteiger partial charge >= 0.3 is 0 Å². The molecule has 0 aliphatic rings. The molecule has 0 aliphatic heterocycles. The Balaban J connectivity index is 2.02. The number of hydrogen-bond acceptors (Lipinski definition) is 2. The van der Waals surface area contributed by atoms with Gasteiger partial charge in [0.05, 0.1) is 12.8 Å². The first-order valence-corrected chi connectivity index (χ1v) is 6.59. The molecule has 2 rings (SSSR count). The van der Waals surface area contributed by atoms with Crippen molar-refractivity contribution in [1.29, 1.82) is 0 Å². The van der Waals surface area contributed by atoms with Crippen LogP contribution in [0.3, 0.4) is 0 Å².